The summed E-state index contributed by atoms with van der Waals surface area (Å²) in [7, 11) is 0. The third-order valence-corrected chi connectivity index (χ3v) is 5.13. The van der Waals surface area contributed by atoms with E-state index in [4.69, 9.17) is 9.97 Å². The van der Waals surface area contributed by atoms with Crippen LogP contribution in [0, 0.1) is 0 Å². The number of rotatable bonds is 4. The molecule has 5 rings (SSSR count). The van der Waals surface area contributed by atoms with Gasteiger partial charge in [-0.2, -0.15) is 0 Å². The number of para-hydroxylation sites is 1. The summed E-state index contributed by atoms with van der Waals surface area (Å²) in [6.45, 7) is 1.92. The highest BCUT2D eigenvalue weighted by atomic mass is 15.3. The van der Waals surface area contributed by atoms with Crippen LogP contribution in [0.4, 0.5) is 5.82 Å². The molecule has 1 fully saturated rings. The van der Waals surface area contributed by atoms with Crippen LogP contribution in [0.3, 0.4) is 0 Å². The SMILES string of the molecule is c1cncc(-c2nc(N3CCCC3Cn3ccnc3)c3ccccc3n2)c1. The summed E-state index contributed by atoms with van der Waals surface area (Å²) in [4.78, 5) is 20.6. The van der Waals surface area contributed by atoms with E-state index in [1.807, 2.05) is 43.1 Å². The van der Waals surface area contributed by atoms with Gasteiger partial charge in [0.2, 0.25) is 0 Å². The number of nitrogens with zero attached hydrogens (tertiary/aromatic N) is 6. The Balaban J connectivity index is 1.60. The normalized spacial score (nSPS) is 16.9. The highest BCUT2D eigenvalue weighted by Crippen LogP contribution is 2.32. The van der Waals surface area contributed by atoms with Crippen LogP contribution in [0.25, 0.3) is 22.3 Å². The highest BCUT2D eigenvalue weighted by Gasteiger charge is 2.28. The first-order valence-corrected chi connectivity index (χ1v) is 9.28. The fraction of sp³-hybridized carbons (Fsp3) is 0.238. The van der Waals surface area contributed by atoms with E-state index in [-0.39, 0.29) is 0 Å². The van der Waals surface area contributed by atoms with Gasteiger partial charge in [0.1, 0.15) is 5.82 Å². The molecule has 0 amide bonds. The second-order valence-corrected chi connectivity index (χ2v) is 6.88. The smallest absolute Gasteiger partial charge is 0.163 e. The lowest BCUT2D eigenvalue weighted by Crippen LogP contribution is -2.33. The molecule has 1 aliphatic heterocycles. The monoisotopic (exact) mass is 356 g/mol. The van der Waals surface area contributed by atoms with Crippen molar-refractivity contribution in [2.75, 3.05) is 11.4 Å². The predicted molar refractivity (Wildman–Crippen MR) is 105 cm³/mol. The van der Waals surface area contributed by atoms with Gasteiger partial charge in [0.25, 0.3) is 0 Å². The Bertz CT molecular complexity index is 1040. The van der Waals surface area contributed by atoms with E-state index in [0.29, 0.717) is 6.04 Å². The molecule has 4 heterocycles. The Labute approximate surface area is 157 Å². The molecule has 0 aliphatic carbocycles. The maximum Gasteiger partial charge on any atom is 0.163 e. The molecule has 0 spiro atoms. The Hall–Kier alpha value is -3.28. The third-order valence-electron chi connectivity index (χ3n) is 5.13. The second-order valence-electron chi connectivity index (χ2n) is 6.88. The highest BCUT2D eigenvalue weighted by molar-refractivity contribution is 5.91. The van der Waals surface area contributed by atoms with E-state index in [1.54, 1.807) is 6.20 Å². The lowest BCUT2D eigenvalue weighted by molar-refractivity contribution is 0.548. The molecule has 1 unspecified atom stereocenters. The Morgan fingerprint density at radius 1 is 1.00 bits per heavy atom. The number of benzene rings is 1. The molecule has 1 saturated heterocycles. The van der Waals surface area contributed by atoms with Gasteiger partial charge in [-0.05, 0) is 37.1 Å². The van der Waals surface area contributed by atoms with Crippen LogP contribution < -0.4 is 4.90 Å². The largest absolute Gasteiger partial charge is 0.351 e. The standard InChI is InChI=1S/C21H20N6/c1-2-8-19-18(7-1)21(25-20(24-19)16-5-3-9-22-13-16)27-11-4-6-17(27)14-26-12-10-23-15-26/h1-3,5,7-10,12-13,15,17H,4,6,11,14H2. The fourth-order valence-corrected chi connectivity index (χ4v) is 3.85. The molecule has 6 nitrogen and oxygen atoms in total. The van der Waals surface area contributed by atoms with E-state index in [9.17, 15) is 0 Å². The van der Waals surface area contributed by atoms with Crippen molar-refractivity contribution in [2.24, 2.45) is 0 Å². The van der Waals surface area contributed by atoms with Crippen molar-refractivity contribution < 1.29 is 0 Å². The number of hydrogen-bond donors (Lipinski definition) is 0. The van der Waals surface area contributed by atoms with E-state index < -0.39 is 0 Å². The van der Waals surface area contributed by atoms with Gasteiger partial charge < -0.3 is 9.47 Å². The molecule has 27 heavy (non-hydrogen) atoms. The summed E-state index contributed by atoms with van der Waals surface area (Å²) in [6, 6.07) is 12.6. The van der Waals surface area contributed by atoms with Crippen LogP contribution >= 0.6 is 0 Å². The second kappa shape index (κ2) is 6.79. The molecule has 0 N–H and O–H groups in total. The summed E-state index contributed by atoms with van der Waals surface area (Å²) >= 11 is 0. The summed E-state index contributed by atoms with van der Waals surface area (Å²) in [6.07, 6.45) is 11.7. The molecule has 0 saturated carbocycles. The summed E-state index contributed by atoms with van der Waals surface area (Å²) < 4.78 is 2.15. The Morgan fingerprint density at radius 2 is 1.96 bits per heavy atom. The van der Waals surface area contributed by atoms with Crippen molar-refractivity contribution >= 4 is 16.7 Å². The van der Waals surface area contributed by atoms with Gasteiger partial charge in [-0.1, -0.05) is 12.1 Å². The first-order chi connectivity index (χ1) is 13.4. The van der Waals surface area contributed by atoms with Gasteiger partial charge >= 0.3 is 0 Å². The molecule has 1 atom stereocenters. The first-order valence-electron chi connectivity index (χ1n) is 9.28. The zero-order valence-corrected chi connectivity index (χ0v) is 14.9. The van der Waals surface area contributed by atoms with Gasteiger partial charge in [0, 0.05) is 54.9 Å². The zero-order chi connectivity index (χ0) is 18.1. The number of pyridine rings is 1. The number of anilines is 1. The minimum Gasteiger partial charge on any atom is -0.351 e. The average molecular weight is 356 g/mol. The molecule has 4 aromatic rings. The maximum absolute atomic E-state index is 4.98. The minimum absolute atomic E-state index is 0.402. The van der Waals surface area contributed by atoms with Crippen LogP contribution in [0.1, 0.15) is 12.8 Å². The van der Waals surface area contributed by atoms with Gasteiger partial charge in [-0.25, -0.2) is 15.0 Å². The summed E-state index contributed by atoms with van der Waals surface area (Å²) in [5.41, 5.74) is 1.91. The lowest BCUT2D eigenvalue weighted by Gasteiger charge is -2.27. The fourth-order valence-electron chi connectivity index (χ4n) is 3.85. The number of aromatic nitrogens is 5. The predicted octanol–water partition coefficient (Wildman–Crippen LogP) is 3.56. The number of hydrogen-bond acceptors (Lipinski definition) is 5. The number of fused-ring (bicyclic) bond motifs is 1. The topological polar surface area (TPSA) is 59.7 Å². The molecule has 0 bridgehead atoms. The molecular formula is C21H20N6. The quantitative estimate of drug-likeness (QED) is 0.560. The van der Waals surface area contributed by atoms with Gasteiger partial charge in [0.15, 0.2) is 5.82 Å². The molecule has 0 radical (unpaired) electrons. The van der Waals surface area contributed by atoms with Crippen molar-refractivity contribution in [1.29, 1.82) is 0 Å². The minimum atomic E-state index is 0.402. The maximum atomic E-state index is 4.98. The Kier molecular flexibility index (Phi) is 4.01. The van der Waals surface area contributed by atoms with E-state index in [2.05, 4.69) is 37.6 Å². The van der Waals surface area contributed by atoms with Crippen LogP contribution in [-0.2, 0) is 6.54 Å². The van der Waals surface area contributed by atoms with Gasteiger partial charge in [-0.15, -0.1) is 0 Å². The van der Waals surface area contributed by atoms with Crippen molar-refractivity contribution in [2.45, 2.75) is 25.4 Å². The van der Waals surface area contributed by atoms with Crippen LogP contribution in [0.15, 0.2) is 67.5 Å². The van der Waals surface area contributed by atoms with E-state index >= 15 is 0 Å². The van der Waals surface area contributed by atoms with Crippen molar-refractivity contribution in [3.63, 3.8) is 0 Å². The summed E-state index contributed by atoms with van der Waals surface area (Å²) in [5, 5.41) is 1.10. The van der Waals surface area contributed by atoms with Gasteiger partial charge in [-0.3, -0.25) is 4.98 Å². The molecule has 3 aromatic heterocycles. The first kappa shape index (κ1) is 15.9. The Morgan fingerprint density at radius 3 is 2.81 bits per heavy atom. The molecule has 1 aliphatic rings. The molecule has 134 valence electrons. The molecular weight excluding hydrogens is 336 g/mol. The van der Waals surface area contributed by atoms with Crippen molar-refractivity contribution in [3.8, 4) is 11.4 Å². The van der Waals surface area contributed by atoms with E-state index in [1.165, 1.54) is 6.42 Å². The van der Waals surface area contributed by atoms with Crippen LogP contribution in [0.5, 0.6) is 0 Å². The van der Waals surface area contributed by atoms with Crippen LogP contribution in [0.2, 0.25) is 0 Å². The van der Waals surface area contributed by atoms with Crippen LogP contribution in [-0.4, -0.2) is 37.1 Å². The van der Waals surface area contributed by atoms with Crippen molar-refractivity contribution in [1.82, 2.24) is 24.5 Å². The third kappa shape index (κ3) is 3.03. The van der Waals surface area contributed by atoms with E-state index in [0.717, 1.165) is 47.6 Å². The zero-order valence-electron chi connectivity index (χ0n) is 14.9. The lowest BCUT2D eigenvalue weighted by atomic mass is 10.1. The molecule has 6 heteroatoms. The van der Waals surface area contributed by atoms with Gasteiger partial charge in [0.05, 0.1) is 11.8 Å². The van der Waals surface area contributed by atoms with Crippen molar-refractivity contribution in [3.05, 3.63) is 67.5 Å². The average Bonchev–Trinajstić information content (AvgIpc) is 3.40. The number of imidazole rings is 1. The molecule has 1 aromatic carbocycles. The summed E-state index contributed by atoms with van der Waals surface area (Å²) in [5.74, 6) is 1.74.